The molecule has 0 aliphatic rings. The number of para-hydroxylation sites is 1. The van der Waals surface area contributed by atoms with Crippen molar-refractivity contribution in [1.29, 1.82) is 5.26 Å². The maximum Gasteiger partial charge on any atom is 0.208 e. The molecule has 104 valence electrons. The van der Waals surface area contributed by atoms with E-state index in [4.69, 9.17) is 14.4 Å². The van der Waals surface area contributed by atoms with Crippen LogP contribution in [0.4, 0.5) is 0 Å². The predicted octanol–water partition coefficient (Wildman–Crippen LogP) is 2.48. The smallest absolute Gasteiger partial charge is 0.208 e. The molecular weight excluding hydrogens is 254 g/mol. The van der Waals surface area contributed by atoms with E-state index in [1.807, 2.05) is 44.2 Å². The molecule has 5 nitrogen and oxygen atoms in total. The topological polar surface area (TPSA) is 71.1 Å². The number of nitrogens with one attached hydrogen (secondary N) is 1. The summed E-state index contributed by atoms with van der Waals surface area (Å²) in [5.74, 6) is 2.25. The van der Waals surface area contributed by atoms with Crippen molar-refractivity contribution in [3.8, 4) is 11.8 Å². The van der Waals surface area contributed by atoms with Crippen LogP contribution in [0, 0.1) is 25.2 Å². The fraction of sp³-hybridized carbons (Fsp3) is 0.333. The van der Waals surface area contributed by atoms with E-state index in [0.29, 0.717) is 19.0 Å². The minimum Gasteiger partial charge on any atom is -0.478 e. The molecule has 1 heterocycles. The first-order valence-corrected chi connectivity index (χ1v) is 6.42. The molecule has 1 N–H and O–H groups in total. The van der Waals surface area contributed by atoms with E-state index >= 15 is 0 Å². The molecule has 0 aliphatic carbocycles. The summed E-state index contributed by atoms with van der Waals surface area (Å²) in [4.78, 5) is 4.31. The molecule has 0 aliphatic heterocycles. The molecule has 20 heavy (non-hydrogen) atoms. The Balaban J connectivity index is 1.92. The first-order valence-electron chi connectivity index (χ1n) is 6.42. The fourth-order valence-corrected chi connectivity index (χ4v) is 1.82. The summed E-state index contributed by atoms with van der Waals surface area (Å²) in [6, 6.07) is 9.61. The number of aromatic nitrogens is 1. The Kier molecular flexibility index (Phi) is 4.75. The Morgan fingerprint density at radius 2 is 2.10 bits per heavy atom. The number of hydrogen-bond acceptors (Lipinski definition) is 5. The monoisotopic (exact) mass is 271 g/mol. The van der Waals surface area contributed by atoms with Gasteiger partial charge in [-0.15, -0.1) is 0 Å². The Labute approximate surface area is 118 Å². The number of hydrogen-bond donors (Lipinski definition) is 1. The third kappa shape index (κ3) is 3.59. The van der Waals surface area contributed by atoms with Crippen molar-refractivity contribution in [2.75, 3.05) is 6.61 Å². The molecule has 2 rings (SSSR count). The molecule has 0 atom stereocenters. The van der Waals surface area contributed by atoms with Crippen molar-refractivity contribution in [2.45, 2.75) is 26.9 Å². The SMILES string of the molecule is Cc1nc(CNCc2ccccc2OCC#N)oc1C. The molecule has 0 saturated carbocycles. The number of ether oxygens (including phenoxy) is 1. The van der Waals surface area contributed by atoms with Gasteiger partial charge in [0.05, 0.1) is 12.2 Å². The van der Waals surface area contributed by atoms with Gasteiger partial charge in [-0.25, -0.2) is 4.98 Å². The lowest BCUT2D eigenvalue weighted by atomic mass is 10.2. The third-order valence-corrected chi connectivity index (χ3v) is 2.93. The summed E-state index contributed by atoms with van der Waals surface area (Å²) in [5, 5.41) is 11.8. The lowest BCUT2D eigenvalue weighted by molar-refractivity contribution is 0.361. The normalized spacial score (nSPS) is 10.2. The van der Waals surface area contributed by atoms with Gasteiger partial charge in [0.25, 0.3) is 0 Å². The highest BCUT2D eigenvalue weighted by molar-refractivity contribution is 5.33. The van der Waals surface area contributed by atoms with E-state index in [1.54, 1.807) is 0 Å². The lowest BCUT2D eigenvalue weighted by Crippen LogP contribution is -2.14. The highest BCUT2D eigenvalue weighted by Gasteiger charge is 2.06. The second-order valence-corrected chi connectivity index (χ2v) is 4.41. The van der Waals surface area contributed by atoms with Crippen LogP contribution in [0.2, 0.25) is 0 Å². The van der Waals surface area contributed by atoms with E-state index in [0.717, 1.165) is 22.8 Å². The standard InChI is InChI=1S/C15H17N3O2/c1-11-12(2)20-15(18-11)10-17-9-13-5-3-4-6-14(13)19-8-7-16/h3-6,17H,8-10H2,1-2H3. The van der Waals surface area contributed by atoms with Crippen molar-refractivity contribution in [3.63, 3.8) is 0 Å². The minimum atomic E-state index is 0.0507. The van der Waals surface area contributed by atoms with Crippen molar-refractivity contribution < 1.29 is 9.15 Å². The van der Waals surface area contributed by atoms with Crippen LogP contribution in [0.3, 0.4) is 0 Å². The number of rotatable bonds is 6. The molecule has 1 aromatic carbocycles. The van der Waals surface area contributed by atoms with E-state index in [1.165, 1.54) is 0 Å². The van der Waals surface area contributed by atoms with Gasteiger partial charge < -0.3 is 14.5 Å². The van der Waals surface area contributed by atoms with E-state index in [-0.39, 0.29) is 6.61 Å². The second-order valence-electron chi connectivity index (χ2n) is 4.41. The lowest BCUT2D eigenvalue weighted by Gasteiger charge is -2.09. The van der Waals surface area contributed by atoms with E-state index in [9.17, 15) is 0 Å². The Morgan fingerprint density at radius 3 is 2.80 bits per heavy atom. The average molecular weight is 271 g/mol. The molecule has 0 unspecified atom stereocenters. The van der Waals surface area contributed by atoms with Crippen LogP contribution in [0.25, 0.3) is 0 Å². The zero-order valence-corrected chi connectivity index (χ0v) is 11.6. The molecule has 0 fully saturated rings. The van der Waals surface area contributed by atoms with Gasteiger partial charge in [0.15, 0.2) is 6.61 Å². The Hall–Kier alpha value is -2.32. The molecule has 5 heteroatoms. The predicted molar refractivity (Wildman–Crippen MR) is 74.1 cm³/mol. The van der Waals surface area contributed by atoms with Crippen molar-refractivity contribution in [2.24, 2.45) is 0 Å². The number of aryl methyl sites for hydroxylation is 2. The summed E-state index contributed by atoms with van der Waals surface area (Å²) in [7, 11) is 0. The molecule has 0 amide bonds. The van der Waals surface area contributed by atoms with Gasteiger partial charge in [0.2, 0.25) is 5.89 Å². The minimum absolute atomic E-state index is 0.0507. The molecule has 1 aromatic heterocycles. The van der Waals surface area contributed by atoms with E-state index < -0.39 is 0 Å². The highest BCUT2D eigenvalue weighted by atomic mass is 16.5. The van der Waals surface area contributed by atoms with Crippen molar-refractivity contribution in [1.82, 2.24) is 10.3 Å². The quantitative estimate of drug-likeness (QED) is 0.874. The maximum atomic E-state index is 8.56. The zero-order chi connectivity index (χ0) is 14.4. The fourth-order valence-electron chi connectivity index (χ4n) is 1.82. The Morgan fingerprint density at radius 1 is 1.30 bits per heavy atom. The molecular formula is C15H17N3O2. The van der Waals surface area contributed by atoms with Gasteiger partial charge in [-0.2, -0.15) is 5.26 Å². The maximum absolute atomic E-state index is 8.56. The number of oxazole rings is 1. The van der Waals surface area contributed by atoms with Crippen LogP contribution in [0.5, 0.6) is 5.75 Å². The van der Waals surface area contributed by atoms with Crippen LogP contribution < -0.4 is 10.1 Å². The van der Waals surface area contributed by atoms with Gasteiger partial charge in [-0.1, -0.05) is 18.2 Å². The second kappa shape index (κ2) is 6.73. The summed E-state index contributed by atoms with van der Waals surface area (Å²) >= 11 is 0. The van der Waals surface area contributed by atoms with Gasteiger partial charge in [-0.3, -0.25) is 0 Å². The van der Waals surface area contributed by atoms with Crippen LogP contribution in [-0.2, 0) is 13.1 Å². The summed E-state index contributed by atoms with van der Waals surface area (Å²) < 4.78 is 10.9. The first-order chi connectivity index (χ1) is 9.70. The Bertz CT molecular complexity index is 594. The number of nitrogens with zero attached hydrogens (tertiary/aromatic N) is 2. The van der Waals surface area contributed by atoms with Crippen LogP contribution >= 0.6 is 0 Å². The summed E-state index contributed by atoms with van der Waals surface area (Å²) in [6.07, 6.45) is 0. The van der Waals surface area contributed by atoms with Gasteiger partial charge in [-0.05, 0) is 19.9 Å². The van der Waals surface area contributed by atoms with Gasteiger partial charge >= 0.3 is 0 Å². The highest BCUT2D eigenvalue weighted by Crippen LogP contribution is 2.17. The van der Waals surface area contributed by atoms with Crippen LogP contribution in [0.1, 0.15) is 22.9 Å². The average Bonchev–Trinajstić information content (AvgIpc) is 2.76. The van der Waals surface area contributed by atoms with Crippen molar-refractivity contribution >= 4 is 0 Å². The molecule has 0 spiro atoms. The summed E-state index contributed by atoms with van der Waals surface area (Å²) in [5.41, 5.74) is 1.92. The molecule has 2 aromatic rings. The largest absolute Gasteiger partial charge is 0.478 e. The molecule has 0 radical (unpaired) electrons. The molecule has 0 bridgehead atoms. The third-order valence-electron chi connectivity index (χ3n) is 2.93. The molecule has 0 saturated heterocycles. The number of nitriles is 1. The number of benzene rings is 1. The van der Waals surface area contributed by atoms with Crippen LogP contribution in [0.15, 0.2) is 28.7 Å². The first kappa shape index (κ1) is 14.1. The van der Waals surface area contributed by atoms with Crippen molar-refractivity contribution in [3.05, 3.63) is 47.2 Å². The van der Waals surface area contributed by atoms with E-state index in [2.05, 4.69) is 10.3 Å². The van der Waals surface area contributed by atoms with Gasteiger partial charge in [0.1, 0.15) is 17.6 Å². The van der Waals surface area contributed by atoms with Gasteiger partial charge in [0, 0.05) is 12.1 Å². The van der Waals surface area contributed by atoms with Crippen LogP contribution in [-0.4, -0.2) is 11.6 Å². The summed E-state index contributed by atoms with van der Waals surface area (Å²) in [6.45, 7) is 5.06. The zero-order valence-electron chi connectivity index (χ0n) is 11.6.